The second-order valence-electron chi connectivity index (χ2n) is 15.3. The second-order valence-corrected chi connectivity index (χ2v) is 15.3. The molecule has 1 aliphatic carbocycles. The summed E-state index contributed by atoms with van der Waals surface area (Å²) in [6.45, 7) is 0. The summed E-state index contributed by atoms with van der Waals surface area (Å²) in [7, 11) is 0. The average Bonchev–Trinajstić information content (AvgIpc) is 3.82. The molecule has 4 nitrogen and oxygen atoms in total. The second kappa shape index (κ2) is 13.0. The molecular formula is C54H36N4. The van der Waals surface area contributed by atoms with Gasteiger partial charge in [-0.2, -0.15) is 0 Å². The van der Waals surface area contributed by atoms with E-state index in [1.54, 1.807) is 0 Å². The van der Waals surface area contributed by atoms with E-state index >= 15 is 0 Å². The summed E-state index contributed by atoms with van der Waals surface area (Å²) in [4.78, 5) is 13.1. The van der Waals surface area contributed by atoms with Crippen molar-refractivity contribution >= 4 is 60.4 Å². The minimum Gasteiger partial charge on any atom is -0.333 e. The highest BCUT2D eigenvalue weighted by Crippen LogP contribution is 2.49. The molecule has 0 saturated heterocycles. The number of fused-ring (bicyclic) bond motifs is 9. The van der Waals surface area contributed by atoms with Crippen molar-refractivity contribution in [2.24, 2.45) is 0 Å². The van der Waals surface area contributed by atoms with Gasteiger partial charge in [0.05, 0.1) is 28.3 Å². The zero-order valence-corrected chi connectivity index (χ0v) is 31.6. The van der Waals surface area contributed by atoms with Gasteiger partial charge in [-0.1, -0.05) is 170 Å². The van der Waals surface area contributed by atoms with E-state index in [9.17, 15) is 0 Å². The van der Waals surface area contributed by atoms with Gasteiger partial charge in [0.25, 0.3) is 0 Å². The molecule has 0 N–H and O–H groups in total. The minimum atomic E-state index is 0.243. The predicted molar refractivity (Wildman–Crippen MR) is 241 cm³/mol. The van der Waals surface area contributed by atoms with Crippen LogP contribution in [0.1, 0.15) is 17.0 Å². The first-order valence-electron chi connectivity index (χ1n) is 20.0. The van der Waals surface area contributed by atoms with Crippen LogP contribution in [-0.4, -0.2) is 20.6 Å². The van der Waals surface area contributed by atoms with Crippen LogP contribution in [0.15, 0.2) is 206 Å². The van der Waals surface area contributed by atoms with Gasteiger partial charge in [-0.3, -0.25) is 4.57 Å². The van der Waals surface area contributed by atoms with Crippen LogP contribution in [0, 0.1) is 0 Å². The zero-order valence-electron chi connectivity index (χ0n) is 31.6. The molecule has 2 unspecified atom stereocenters. The van der Waals surface area contributed by atoms with Crippen LogP contribution in [0.2, 0.25) is 0 Å². The lowest BCUT2D eigenvalue weighted by atomic mass is 9.86. The lowest BCUT2D eigenvalue weighted by Crippen LogP contribution is -2.28. The molecule has 2 aliphatic rings. The van der Waals surface area contributed by atoms with Crippen LogP contribution < -0.4 is 4.90 Å². The van der Waals surface area contributed by atoms with Crippen molar-refractivity contribution in [3.8, 4) is 28.3 Å². The zero-order chi connectivity index (χ0) is 38.2. The maximum Gasteiger partial charge on any atom is 0.235 e. The lowest BCUT2D eigenvalue weighted by molar-refractivity contribution is 0.747. The Morgan fingerprint density at radius 2 is 1.14 bits per heavy atom. The first-order chi connectivity index (χ1) is 28.8. The summed E-state index contributed by atoms with van der Waals surface area (Å²) in [5, 5.41) is 5.75. The van der Waals surface area contributed by atoms with E-state index < -0.39 is 0 Å². The number of anilines is 2. The molecule has 0 bridgehead atoms. The fourth-order valence-electron chi connectivity index (χ4n) is 9.52. The molecule has 3 heterocycles. The number of nitrogens with zero attached hydrogens (tertiary/aromatic N) is 4. The Hall–Kier alpha value is -7.56. The molecule has 8 aromatic carbocycles. The van der Waals surface area contributed by atoms with Crippen molar-refractivity contribution in [1.82, 2.24) is 14.5 Å². The highest BCUT2D eigenvalue weighted by molar-refractivity contribution is 6.22. The molecule has 1 aliphatic heterocycles. The largest absolute Gasteiger partial charge is 0.333 e. The van der Waals surface area contributed by atoms with Gasteiger partial charge in [0.15, 0.2) is 0 Å². The van der Waals surface area contributed by atoms with Crippen molar-refractivity contribution in [3.63, 3.8) is 0 Å². The summed E-state index contributed by atoms with van der Waals surface area (Å²) in [6, 6.07) is 67.6. The maximum absolute atomic E-state index is 5.35. The molecule has 12 rings (SSSR count). The molecule has 2 aromatic heterocycles. The van der Waals surface area contributed by atoms with E-state index in [0.717, 1.165) is 33.2 Å². The molecule has 4 heteroatoms. The molecule has 272 valence electrons. The quantitative estimate of drug-likeness (QED) is 0.176. The number of rotatable bonds is 5. The Morgan fingerprint density at radius 1 is 0.483 bits per heavy atom. The van der Waals surface area contributed by atoms with Crippen LogP contribution >= 0.6 is 0 Å². The first-order valence-corrected chi connectivity index (χ1v) is 20.0. The summed E-state index contributed by atoms with van der Waals surface area (Å²) in [6.07, 6.45) is 7.17. The SMILES string of the molecule is C1=CC2C(C=C1c1ccc(-c3cc4c5ccccc5n(-c5nc(-c6ccccc6)c6ccccc6n5)c4c4ccccc34)cc1)c1ccccc1N2c1ccccc1. The molecular weight excluding hydrogens is 705 g/mol. The van der Waals surface area contributed by atoms with Gasteiger partial charge in [0.2, 0.25) is 5.95 Å². The predicted octanol–water partition coefficient (Wildman–Crippen LogP) is 13.5. The summed E-state index contributed by atoms with van der Waals surface area (Å²) >= 11 is 0. The van der Waals surface area contributed by atoms with Gasteiger partial charge < -0.3 is 4.90 Å². The fraction of sp³-hybridized carbons (Fsp3) is 0.0370. The minimum absolute atomic E-state index is 0.243. The van der Waals surface area contributed by atoms with E-state index in [-0.39, 0.29) is 12.0 Å². The third-order valence-corrected chi connectivity index (χ3v) is 12.1. The highest BCUT2D eigenvalue weighted by atomic mass is 15.2. The Morgan fingerprint density at radius 3 is 1.97 bits per heavy atom. The van der Waals surface area contributed by atoms with E-state index in [1.165, 1.54) is 60.7 Å². The van der Waals surface area contributed by atoms with E-state index in [2.05, 4.69) is 210 Å². The van der Waals surface area contributed by atoms with Gasteiger partial charge >= 0.3 is 0 Å². The molecule has 2 atom stereocenters. The van der Waals surface area contributed by atoms with E-state index in [0.29, 0.717) is 5.95 Å². The standard InChI is InChI=1S/C54H36N4/c1-3-15-37(16-4-1)52-44-23-9-12-24-48(44)55-54(56-52)58-50-26-14-11-21-42(50)47-34-45(40-19-7-8-22-43(40)53(47)58)36-29-27-35(28-30-36)38-31-32-51-46(33-38)41-20-10-13-25-49(41)57(51)39-17-5-2-6-18-39/h1-34,46,51H. The summed E-state index contributed by atoms with van der Waals surface area (Å²) in [5.41, 5.74) is 13.9. The monoisotopic (exact) mass is 740 g/mol. The smallest absolute Gasteiger partial charge is 0.235 e. The van der Waals surface area contributed by atoms with Crippen LogP contribution in [0.25, 0.3) is 77.4 Å². The van der Waals surface area contributed by atoms with Crippen LogP contribution in [0.4, 0.5) is 11.4 Å². The van der Waals surface area contributed by atoms with Crippen molar-refractivity contribution < 1.29 is 0 Å². The van der Waals surface area contributed by atoms with Gasteiger partial charge in [-0.25, -0.2) is 9.97 Å². The number of hydrogen-bond acceptors (Lipinski definition) is 3. The molecule has 0 fully saturated rings. The van der Waals surface area contributed by atoms with Crippen LogP contribution in [-0.2, 0) is 0 Å². The van der Waals surface area contributed by atoms with Gasteiger partial charge in [-0.15, -0.1) is 0 Å². The summed E-state index contributed by atoms with van der Waals surface area (Å²) < 4.78 is 2.27. The number of benzene rings is 8. The van der Waals surface area contributed by atoms with E-state index in [1.807, 2.05) is 6.07 Å². The lowest BCUT2D eigenvalue weighted by Gasteiger charge is -2.29. The third kappa shape index (κ3) is 5.01. The first kappa shape index (κ1) is 32.7. The van der Waals surface area contributed by atoms with Crippen LogP contribution in [0.3, 0.4) is 0 Å². The van der Waals surface area contributed by atoms with Crippen molar-refractivity contribution in [3.05, 3.63) is 217 Å². The normalized spacial score (nSPS) is 15.9. The van der Waals surface area contributed by atoms with Gasteiger partial charge in [0.1, 0.15) is 0 Å². The Balaban J connectivity index is 0.986. The Kier molecular flexibility index (Phi) is 7.32. The van der Waals surface area contributed by atoms with Crippen molar-refractivity contribution in [2.75, 3.05) is 4.90 Å². The average molecular weight is 741 g/mol. The Bertz CT molecular complexity index is 3290. The number of hydrogen-bond donors (Lipinski definition) is 0. The van der Waals surface area contributed by atoms with Gasteiger partial charge in [0, 0.05) is 44.4 Å². The Labute approximate surface area is 336 Å². The molecule has 0 saturated carbocycles. The fourth-order valence-corrected chi connectivity index (χ4v) is 9.52. The van der Waals surface area contributed by atoms with Crippen LogP contribution in [0.5, 0.6) is 0 Å². The van der Waals surface area contributed by atoms with Crippen molar-refractivity contribution in [1.29, 1.82) is 0 Å². The number of allylic oxidation sites excluding steroid dienone is 2. The molecule has 0 amide bonds. The summed E-state index contributed by atoms with van der Waals surface area (Å²) in [5.74, 6) is 0.939. The van der Waals surface area contributed by atoms with E-state index in [4.69, 9.17) is 9.97 Å². The number of para-hydroxylation sites is 4. The van der Waals surface area contributed by atoms with Crippen molar-refractivity contribution in [2.45, 2.75) is 12.0 Å². The maximum atomic E-state index is 5.35. The molecule has 0 spiro atoms. The highest BCUT2D eigenvalue weighted by Gasteiger charge is 2.38. The molecule has 0 radical (unpaired) electrons. The van der Waals surface area contributed by atoms with Gasteiger partial charge in [-0.05, 0) is 69.6 Å². The topological polar surface area (TPSA) is 34.0 Å². The molecule has 10 aromatic rings. The molecule has 58 heavy (non-hydrogen) atoms. The third-order valence-electron chi connectivity index (χ3n) is 12.1. The number of aromatic nitrogens is 3.